The van der Waals surface area contributed by atoms with Crippen molar-refractivity contribution in [3.8, 4) is 0 Å². The molecule has 1 unspecified atom stereocenters. The van der Waals surface area contributed by atoms with Crippen LogP contribution in [-0.4, -0.2) is 9.55 Å². The minimum absolute atomic E-state index is 0.0422. The molecule has 0 bridgehead atoms. The third-order valence-electron chi connectivity index (χ3n) is 3.30. The largest absolute Gasteiger partial charge is 0.349 e. The SMILES string of the molecule is CC(Nc1nccn1C1CC1)c1cccc(F)c1. The van der Waals surface area contributed by atoms with Gasteiger partial charge in [-0.3, -0.25) is 0 Å². The predicted molar refractivity (Wildman–Crippen MR) is 68.9 cm³/mol. The Labute approximate surface area is 106 Å². The molecule has 1 N–H and O–H groups in total. The van der Waals surface area contributed by atoms with Gasteiger partial charge in [0.1, 0.15) is 5.82 Å². The highest BCUT2D eigenvalue weighted by Gasteiger charge is 2.25. The van der Waals surface area contributed by atoms with Crippen LogP contribution in [0.25, 0.3) is 0 Å². The van der Waals surface area contributed by atoms with Crippen molar-refractivity contribution in [2.24, 2.45) is 0 Å². The molecule has 1 atom stereocenters. The number of nitrogens with zero attached hydrogens (tertiary/aromatic N) is 2. The first-order valence-electron chi connectivity index (χ1n) is 6.29. The van der Waals surface area contributed by atoms with Crippen LogP contribution in [0.3, 0.4) is 0 Å². The quantitative estimate of drug-likeness (QED) is 0.893. The summed E-state index contributed by atoms with van der Waals surface area (Å²) in [7, 11) is 0. The molecule has 1 saturated carbocycles. The number of nitrogens with one attached hydrogen (secondary N) is 1. The fourth-order valence-electron chi connectivity index (χ4n) is 2.13. The molecule has 3 nitrogen and oxygen atoms in total. The molecule has 3 rings (SSSR count). The number of hydrogen-bond donors (Lipinski definition) is 1. The monoisotopic (exact) mass is 245 g/mol. The molecule has 1 fully saturated rings. The summed E-state index contributed by atoms with van der Waals surface area (Å²) < 4.78 is 15.3. The van der Waals surface area contributed by atoms with E-state index in [0.29, 0.717) is 6.04 Å². The Morgan fingerprint density at radius 3 is 3.00 bits per heavy atom. The van der Waals surface area contributed by atoms with Crippen LogP contribution in [0, 0.1) is 5.82 Å². The molecule has 0 aliphatic heterocycles. The van der Waals surface area contributed by atoms with E-state index in [9.17, 15) is 4.39 Å². The predicted octanol–water partition coefficient (Wildman–Crippen LogP) is 3.53. The van der Waals surface area contributed by atoms with E-state index in [2.05, 4.69) is 14.9 Å². The molecule has 1 aliphatic rings. The Kier molecular flexibility index (Phi) is 2.78. The van der Waals surface area contributed by atoms with Crippen LogP contribution in [0.2, 0.25) is 0 Å². The number of aromatic nitrogens is 2. The minimum atomic E-state index is -0.202. The highest BCUT2D eigenvalue weighted by molar-refractivity contribution is 5.33. The average Bonchev–Trinajstić information content (AvgIpc) is 3.10. The second-order valence-electron chi connectivity index (χ2n) is 4.81. The Morgan fingerprint density at radius 2 is 2.28 bits per heavy atom. The first-order valence-corrected chi connectivity index (χ1v) is 6.29. The fourth-order valence-corrected chi connectivity index (χ4v) is 2.13. The van der Waals surface area contributed by atoms with Crippen molar-refractivity contribution in [2.75, 3.05) is 5.32 Å². The zero-order valence-electron chi connectivity index (χ0n) is 10.3. The van der Waals surface area contributed by atoms with E-state index in [1.54, 1.807) is 18.3 Å². The van der Waals surface area contributed by atoms with Crippen LogP contribution in [0.4, 0.5) is 10.3 Å². The minimum Gasteiger partial charge on any atom is -0.349 e. The van der Waals surface area contributed by atoms with Gasteiger partial charge in [0.25, 0.3) is 0 Å². The van der Waals surface area contributed by atoms with Crippen LogP contribution in [0.15, 0.2) is 36.7 Å². The topological polar surface area (TPSA) is 29.9 Å². The molecule has 1 aliphatic carbocycles. The summed E-state index contributed by atoms with van der Waals surface area (Å²) in [6, 6.07) is 7.31. The van der Waals surface area contributed by atoms with Crippen molar-refractivity contribution in [1.82, 2.24) is 9.55 Å². The maximum absolute atomic E-state index is 13.2. The lowest BCUT2D eigenvalue weighted by Crippen LogP contribution is -2.11. The summed E-state index contributed by atoms with van der Waals surface area (Å²) in [6.45, 7) is 2.01. The Hall–Kier alpha value is -1.84. The van der Waals surface area contributed by atoms with Gasteiger partial charge in [-0.05, 0) is 37.5 Å². The summed E-state index contributed by atoms with van der Waals surface area (Å²) >= 11 is 0. The van der Waals surface area contributed by atoms with E-state index in [1.807, 2.05) is 19.2 Å². The van der Waals surface area contributed by atoms with Crippen molar-refractivity contribution in [2.45, 2.75) is 31.8 Å². The molecule has 1 aromatic heterocycles. The molecule has 1 heterocycles. The van der Waals surface area contributed by atoms with E-state index in [0.717, 1.165) is 11.5 Å². The molecule has 4 heteroatoms. The molecule has 0 radical (unpaired) electrons. The third-order valence-corrected chi connectivity index (χ3v) is 3.30. The van der Waals surface area contributed by atoms with Gasteiger partial charge < -0.3 is 9.88 Å². The lowest BCUT2D eigenvalue weighted by atomic mass is 10.1. The molecular formula is C14H16FN3. The lowest BCUT2D eigenvalue weighted by molar-refractivity contribution is 0.623. The van der Waals surface area contributed by atoms with Gasteiger partial charge in [0, 0.05) is 18.4 Å². The van der Waals surface area contributed by atoms with Gasteiger partial charge in [-0.15, -0.1) is 0 Å². The van der Waals surface area contributed by atoms with Gasteiger partial charge in [0.05, 0.1) is 6.04 Å². The molecule has 0 amide bonds. The van der Waals surface area contributed by atoms with Gasteiger partial charge in [-0.2, -0.15) is 0 Å². The maximum Gasteiger partial charge on any atom is 0.203 e. The Bertz CT molecular complexity index is 545. The van der Waals surface area contributed by atoms with Gasteiger partial charge >= 0.3 is 0 Å². The molecule has 94 valence electrons. The van der Waals surface area contributed by atoms with Crippen molar-refractivity contribution >= 4 is 5.95 Å². The molecule has 1 aromatic carbocycles. The highest BCUT2D eigenvalue weighted by atomic mass is 19.1. The summed E-state index contributed by atoms with van der Waals surface area (Å²) in [5.74, 6) is 0.668. The van der Waals surface area contributed by atoms with Crippen molar-refractivity contribution < 1.29 is 4.39 Å². The van der Waals surface area contributed by atoms with Crippen LogP contribution >= 0.6 is 0 Å². The Morgan fingerprint density at radius 1 is 1.44 bits per heavy atom. The normalized spacial score (nSPS) is 16.6. The number of imidazole rings is 1. The number of anilines is 1. The van der Waals surface area contributed by atoms with Gasteiger partial charge in [-0.1, -0.05) is 12.1 Å². The molecule has 0 spiro atoms. The number of halogens is 1. The van der Waals surface area contributed by atoms with E-state index in [4.69, 9.17) is 0 Å². The van der Waals surface area contributed by atoms with Gasteiger partial charge in [0.2, 0.25) is 5.95 Å². The van der Waals surface area contributed by atoms with Crippen LogP contribution in [0.1, 0.15) is 37.4 Å². The summed E-state index contributed by atoms with van der Waals surface area (Å²) in [6.07, 6.45) is 6.25. The molecule has 2 aromatic rings. The lowest BCUT2D eigenvalue weighted by Gasteiger charge is -2.16. The molecular weight excluding hydrogens is 229 g/mol. The second-order valence-corrected chi connectivity index (χ2v) is 4.81. The fraction of sp³-hybridized carbons (Fsp3) is 0.357. The standard InChI is InChI=1S/C14H16FN3/c1-10(11-3-2-4-12(15)9-11)17-14-16-7-8-18(14)13-5-6-13/h2-4,7-10,13H,5-6H2,1H3,(H,16,17). The maximum atomic E-state index is 13.2. The number of benzene rings is 1. The van der Waals surface area contributed by atoms with E-state index in [1.165, 1.54) is 18.9 Å². The summed E-state index contributed by atoms with van der Waals surface area (Å²) in [5, 5.41) is 3.34. The van der Waals surface area contributed by atoms with Crippen molar-refractivity contribution in [3.63, 3.8) is 0 Å². The zero-order valence-corrected chi connectivity index (χ0v) is 10.3. The zero-order chi connectivity index (χ0) is 12.5. The van der Waals surface area contributed by atoms with Crippen LogP contribution < -0.4 is 5.32 Å². The Balaban J connectivity index is 1.77. The summed E-state index contributed by atoms with van der Waals surface area (Å²) in [5.41, 5.74) is 0.931. The first-order chi connectivity index (χ1) is 8.74. The number of hydrogen-bond acceptors (Lipinski definition) is 2. The van der Waals surface area contributed by atoms with E-state index in [-0.39, 0.29) is 11.9 Å². The van der Waals surface area contributed by atoms with Gasteiger partial charge in [-0.25, -0.2) is 9.37 Å². The highest BCUT2D eigenvalue weighted by Crippen LogP contribution is 2.37. The van der Waals surface area contributed by atoms with Crippen molar-refractivity contribution in [3.05, 3.63) is 48.0 Å². The molecule has 0 saturated heterocycles. The van der Waals surface area contributed by atoms with Crippen molar-refractivity contribution in [1.29, 1.82) is 0 Å². The second kappa shape index (κ2) is 4.44. The average molecular weight is 245 g/mol. The summed E-state index contributed by atoms with van der Waals surface area (Å²) in [4.78, 5) is 4.32. The van der Waals surface area contributed by atoms with Gasteiger partial charge in [0.15, 0.2) is 0 Å². The van der Waals surface area contributed by atoms with E-state index < -0.39 is 0 Å². The first kappa shape index (κ1) is 11.3. The van der Waals surface area contributed by atoms with Crippen LogP contribution in [-0.2, 0) is 0 Å². The molecule has 18 heavy (non-hydrogen) atoms. The third kappa shape index (κ3) is 2.23. The smallest absolute Gasteiger partial charge is 0.203 e. The van der Waals surface area contributed by atoms with E-state index >= 15 is 0 Å². The number of rotatable bonds is 4. The van der Waals surface area contributed by atoms with Crippen LogP contribution in [0.5, 0.6) is 0 Å².